The summed E-state index contributed by atoms with van der Waals surface area (Å²) in [6.07, 6.45) is 8.71. The van der Waals surface area contributed by atoms with Gasteiger partial charge in [-0.05, 0) is 43.8 Å². The maximum atomic E-state index is 6.35. The Morgan fingerprint density at radius 2 is 1.89 bits per heavy atom. The molecule has 0 amide bonds. The van der Waals surface area contributed by atoms with Crippen LogP contribution in [0, 0.1) is 0 Å². The molecule has 18 heavy (non-hydrogen) atoms. The maximum Gasteiger partial charge on any atom is 0.103 e. The molecule has 1 heterocycles. The summed E-state index contributed by atoms with van der Waals surface area (Å²) in [6, 6.07) is 0.624. The van der Waals surface area contributed by atoms with Crippen molar-refractivity contribution in [2.75, 3.05) is 6.54 Å². The molecule has 0 unspecified atom stereocenters. The molecule has 1 fully saturated rings. The molecule has 4 N–H and O–H groups in total. The van der Waals surface area contributed by atoms with Gasteiger partial charge in [0, 0.05) is 12.6 Å². The standard InChI is InChI=1S/C14H24ClN3/c1-10(13(15)16)12-8-5-9-18(14(12)17)11-6-3-2-4-7-11/h11H,2-9,16-17H2,1H3/b13-10-. The molecule has 3 nitrogen and oxygen atoms in total. The number of halogens is 1. The Kier molecular flexibility index (Phi) is 4.44. The molecule has 0 spiro atoms. The second-order valence-corrected chi connectivity index (χ2v) is 5.83. The summed E-state index contributed by atoms with van der Waals surface area (Å²) in [5.74, 6) is 0.911. The normalized spacial score (nSPS) is 24.2. The SMILES string of the molecule is C/C(C1=C(N)N(C2CCCCC2)CCC1)=C(/N)Cl. The van der Waals surface area contributed by atoms with Crippen molar-refractivity contribution in [2.45, 2.75) is 57.9 Å². The molecule has 102 valence electrons. The zero-order chi connectivity index (χ0) is 13.1. The van der Waals surface area contributed by atoms with Gasteiger partial charge in [0.25, 0.3) is 0 Å². The fourth-order valence-electron chi connectivity index (χ4n) is 3.14. The molecule has 0 aromatic rings. The lowest BCUT2D eigenvalue weighted by Gasteiger charge is -2.40. The van der Waals surface area contributed by atoms with Gasteiger partial charge in [-0.2, -0.15) is 0 Å². The van der Waals surface area contributed by atoms with Crippen molar-refractivity contribution in [3.05, 3.63) is 22.1 Å². The van der Waals surface area contributed by atoms with Crippen molar-refractivity contribution >= 4 is 11.6 Å². The largest absolute Gasteiger partial charge is 0.389 e. The van der Waals surface area contributed by atoms with Gasteiger partial charge in [0.2, 0.25) is 0 Å². The third-order valence-corrected chi connectivity index (χ3v) is 4.55. The van der Waals surface area contributed by atoms with Gasteiger partial charge in [-0.15, -0.1) is 0 Å². The lowest BCUT2D eigenvalue weighted by molar-refractivity contribution is 0.185. The van der Waals surface area contributed by atoms with Gasteiger partial charge < -0.3 is 16.4 Å². The van der Waals surface area contributed by atoms with E-state index in [-0.39, 0.29) is 0 Å². The third-order valence-electron chi connectivity index (χ3n) is 4.27. The van der Waals surface area contributed by atoms with Crippen LogP contribution in [0.15, 0.2) is 22.1 Å². The molecule has 0 aromatic carbocycles. The summed E-state index contributed by atoms with van der Waals surface area (Å²) < 4.78 is 0. The highest BCUT2D eigenvalue weighted by atomic mass is 35.5. The highest BCUT2D eigenvalue weighted by Gasteiger charge is 2.26. The van der Waals surface area contributed by atoms with Crippen LogP contribution in [0.5, 0.6) is 0 Å². The lowest BCUT2D eigenvalue weighted by atomic mass is 9.91. The van der Waals surface area contributed by atoms with E-state index in [1.54, 1.807) is 0 Å². The van der Waals surface area contributed by atoms with Crippen LogP contribution < -0.4 is 11.5 Å². The zero-order valence-electron chi connectivity index (χ0n) is 11.2. The van der Waals surface area contributed by atoms with Crippen molar-refractivity contribution in [3.63, 3.8) is 0 Å². The van der Waals surface area contributed by atoms with Crippen LogP contribution in [-0.2, 0) is 0 Å². The van der Waals surface area contributed by atoms with Crippen LogP contribution in [-0.4, -0.2) is 17.5 Å². The van der Waals surface area contributed by atoms with Crippen molar-refractivity contribution in [3.8, 4) is 0 Å². The van der Waals surface area contributed by atoms with Crippen LogP contribution in [0.2, 0.25) is 0 Å². The third kappa shape index (κ3) is 2.77. The first-order chi connectivity index (χ1) is 8.61. The highest BCUT2D eigenvalue weighted by Crippen LogP contribution is 2.32. The van der Waals surface area contributed by atoms with E-state index in [9.17, 15) is 0 Å². The van der Waals surface area contributed by atoms with E-state index >= 15 is 0 Å². The molecule has 0 radical (unpaired) electrons. The van der Waals surface area contributed by atoms with E-state index in [4.69, 9.17) is 23.1 Å². The summed E-state index contributed by atoms with van der Waals surface area (Å²) in [5, 5.41) is 0.374. The topological polar surface area (TPSA) is 55.3 Å². The number of nitrogens with zero attached hydrogens (tertiary/aromatic N) is 1. The second kappa shape index (κ2) is 5.87. The Bertz CT molecular complexity index is 363. The first-order valence-electron chi connectivity index (χ1n) is 6.98. The van der Waals surface area contributed by atoms with E-state index in [0.717, 1.165) is 36.4 Å². The minimum Gasteiger partial charge on any atom is -0.389 e. The van der Waals surface area contributed by atoms with E-state index in [1.807, 2.05) is 6.92 Å². The number of rotatable bonds is 2. The fraction of sp³-hybridized carbons (Fsp3) is 0.714. The first-order valence-corrected chi connectivity index (χ1v) is 7.36. The second-order valence-electron chi connectivity index (χ2n) is 5.43. The molecule has 0 atom stereocenters. The van der Waals surface area contributed by atoms with Gasteiger partial charge in [0.1, 0.15) is 11.0 Å². The summed E-state index contributed by atoms with van der Waals surface area (Å²) in [6.45, 7) is 3.05. The molecule has 4 heteroatoms. The van der Waals surface area contributed by atoms with Crippen molar-refractivity contribution in [1.29, 1.82) is 0 Å². The lowest BCUT2D eigenvalue weighted by Crippen LogP contribution is -2.42. The Balaban J connectivity index is 2.21. The van der Waals surface area contributed by atoms with Gasteiger partial charge in [-0.25, -0.2) is 0 Å². The molecule has 0 aromatic heterocycles. The van der Waals surface area contributed by atoms with E-state index in [1.165, 1.54) is 32.1 Å². The van der Waals surface area contributed by atoms with Crippen molar-refractivity contribution in [1.82, 2.24) is 4.90 Å². The number of allylic oxidation sites excluding steroid dienone is 2. The first kappa shape index (κ1) is 13.6. The van der Waals surface area contributed by atoms with Gasteiger partial charge >= 0.3 is 0 Å². The number of hydrogen-bond donors (Lipinski definition) is 2. The molecular weight excluding hydrogens is 246 g/mol. The number of nitrogens with two attached hydrogens (primary N) is 2. The van der Waals surface area contributed by atoms with E-state index in [0.29, 0.717) is 11.2 Å². The fourth-order valence-corrected chi connectivity index (χ4v) is 3.26. The zero-order valence-corrected chi connectivity index (χ0v) is 12.0. The van der Waals surface area contributed by atoms with Gasteiger partial charge in [-0.1, -0.05) is 30.9 Å². The summed E-state index contributed by atoms with van der Waals surface area (Å²) >= 11 is 5.91. The molecule has 1 saturated carbocycles. The summed E-state index contributed by atoms with van der Waals surface area (Å²) in [5.41, 5.74) is 14.1. The van der Waals surface area contributed by atoms with Crippen LogP contribution in [0.4, 0.5) is 0 Å². The average molecular weight is 270 g/mol. The smallest absolute Gasteiger partial charge is 0.103 e. The van der Waals surface area contributed by atoms with Crippen molar-refractivity contribution in [2.24, 2.45) is 11.5 Å². The van der Waals surface area contributed by atoms with Crippen LogP contribution in [0.25, 0.3) is 0 Å². The Hall–Kier alpha value is -0.830. The quantitative estimate of drug-likeness (QED) is 0.758. The van der Waals surface area contributed by atoms with Crippen LogP contribution in [0.3, 0.4) is 0 Å². The van der Waals surface area contributed by atoms with Gasteiger partial charge in [-0.3, -0.25) is 0 Å². The molecule has 0 saturated heterocycles. The molecule has 0 bridgehead atoms. The van der Waals surface area contributed by atoms with Gasteiger partial charge in [0.05, 0.1) is 0 Å². The maximum absolute atomic E-state index is 6.35. The van der Waals surface area contributed by atoms with E-state index in [2.05, 4.69) is 4.90 Å². The average Bonchev–Trinajstić information content (AvgIpc) is 2.39. The van der Waals surface area contributed by atoms with Crippen LogP contribution >= 0.6 is 11.6 Å². The number of hydrogen-bond acceptors (Lipinski definition) is 3. The molecule has 1 aliphatic carbocycles. The predicted octanol–water partition coefficient (Wildman–Crippen LogP) is 3.01. The molecular formula is C14H24ClN3. The molecule has 1 aliphatic heterocycles. The van der Waals surface area contributed by atoms with Gasteiger partial charge in [0.15, 0.2) is 0 Å². The molecule has 2 aliphatic rings. The minimum absolute atomic E-state index is 0.374. The Morgan fingerprint density at radius 1 is 1.22 bits per heavy atom. The van der Waals surface area contributed by atoms with E-state index < -0.39 is 0 Å². The Morgan fingerprint density at radius 3 is 2.50 bits per heavy atom. The highest BCUT2D eigenvalue weighted by molar-refractivity contribution is 6.29. The predicted molar refractivity (Wildman–Crippen MR) is 76.8 cm³/mol. The molecule has 2 rings (SSSR count). The monoisotopic (exact) mass is 269 g/mol. The minimum atomic E-state index is 0.374. The summed E-state index contributed by atoms with van der Waals surface area (Å²) in [4.78, 5) is 2.39. The summed E-state index contributed by atoms with van der Waals surface area (Å²) in [7, 11) is 0. The van der Waals surface area contributed by atoms with Crippen LogP contribution in [0.1, 0.15) is 51.9 Å². The van der Waals surface area contributed by atoms with Crippen molar-refractivity contribution < 1.29 is 0 Å². The Labute approximate surface area is 115 Å².